The number of benzene rings is 7. The molecule has 67 heavy (non-hydrogen) atoms. The maximum atomic E-state index is 14.6. The number of rotatable bonds is 25. The number of aromatic carboxylic acids is 1. The number of aromatic hydroxyl groups is 2. The maximum absolute atomic E-state index is 14.6. The van der Waals surface area contributed by atoms with Crippen molar-refractivity contribution in [1.82, 2.24) is 0 Å². The van der Waals surface area contributed by atoms with E-state index in [0.29, 0.717) is 61.7 Å². The number of carbonyl (C=O) groups excluding carboxylic acids is 1. The number of phenols is 2. The van der Waals surface area contributed by atoms with Crippen LogP contribution in [0.25, 0.3) is 43.1 Å². The van der Waals surface area contributed by atoms with E-state index in [0.717, 1.165) is 35.4 Å². The smallest absolute Gasteiger partial charge is 0.340 e. The Hall–Kier alpha value is -6.08. The minimum atomic E-state index is -1.74. The number of carbonyl (C=O) groups is 2. The third kappa shape index (κ3) is 10.1. The van der Waals surface area contributed by atoms with E-state index >= 15 is 0 Å². The average Bonchev–Trinajstić information content (AvgIpc) is 3.34. The summed E-state index contributed by atoms with van der Waals surface area (Å²) < 4.78 is 13.3. The second-order valence-electron chi connectivity index (χ2n) is 19.0. The van der Waals surface area contributed by atoms with Gasteiger partial charge in [0, 0.05) is 32.8 Å². The van der Waals surface area contributed by atoms with E-state index in [1.807, 2.05) is 85.8 Å². The van der Waals surface area contributed by atoms with Crippen molar-refractivity contribution in [1.29, 1.82) is 0 Å². The Kier molecular flexibility index (Phi) is 15.7. The first kappa shape index (κ1) is 47.4. The molecule has 0 bridgehead atoms. The summed E-state index contributed by atoms with van der Waals surface area (Å²) in [7, 11) is 0. The number of fused-ring (bicyclic) bond motifs is 4. The van der Waals surface area contributed by atoms with Gasteiger partial charge in [-0.3, -0.25) is 0 Å². The van der Waals surface area contributed by atoms with Crippen LogP contribution in [0.15, 0.2) is 103 Å². The Labute approximate surface area is 396 Å². The molecular formula is C60H68O7. The molecule has 7 heteroatoms. The second kappa shape index (κ2) is 22.1. The maximum Gasteiger partial charge on any atom is 0.340 e. The van der Waals surface area contributed by atoms with Crippen LogP contribution in [0.4, 0.5) is 0 Å². The first-order valence-corrected chi connectivity index (χ1v) is 25.3. The molecule has 0 saturated heterocycles. The average molecular weight is 901 g/mol. The van der Waals surface area contributed by atoms with E-state index in [-0.39, 0.29) is 22.4 Å². The van der Waals surface area contributed by atoms with Crippen LogP contribution in [0.1, 0.15) is 178 Å². The highest BCUT2D eigenvalue weighted by atomic mass is 16.6. The van der Waals surface area contributed by atoms with Gasteiger partial charge in [0.05, 0.1) is 12.2 Å². The molecule has 1 atom stereocenters. The number of phenolic OH excluding ortho intramolecular Hbond substituents is 1. The minimum Gasteiger partial charge on any atom is -0.507 e. The lowest BCUT2D eigenvalue weighted by Crippen LogP contribution is -2.39. The highest BCUT2D eigenvalue weighted by Gasteiger charge is 2.49. The molecule has 0 aromatic heterocycles. The summed E-state index contributed by atoms with van der Waals surface area (Å²) in [6.45, 7) is 4.60. The van der Waals surface area contributed by atoms with Crippen LogP contribution in [0.3, 0.4) is 0 Å². The number of carboxylic acid groups (broad SMARTS) is 1. The molecule has 3 N–H and O–H groups in total. The predicted octanol–water partition coefficient (Wildman–Crippen LogP) is 16.4. The van der Waals surface area contributed by atoms with Crippen LogP contribution in [-0.4, -0.2) is 33.9 Å². The number of carboxylic acids is 1. The van der Waals surface area contributed by atoms with Crippen molar-refractivity contribution < 1.29 is 34.4 Å². The molecule has 0 aliphatic carbocycles. The number of unbranched alkanes of at least 4 members (excludes halogenated alkanes) is 19. The van der Waals surface area contributed by atoms with Crippen LogP contribution in [0.5, 0.6) is 17.2 Å². The molecule has 0 spiro atoms. The molecular weight excluding hydrogens is 833 g/mol. The van der Waals surface area contributed by atoms with Gasteiger partial charge in [-0.05, 0) is 82.2 Å². The fraction of sp³-hybridized carbons (Fsp3) is 0.400. The van der Waals surface area contributed by atoms with Crippen molar-refractivity contribution in [2.75, 3.05) is 6.61 Å². The van der Waals surface area contributed by atoms with Gasteiger partial charge < -0.3 is 24.8 Å². The van der Waals surface area contributed by atoms with Gasteiger partial charge in [-0.15, -0.1) is 0 Å². The Balaban J connectivity index is 0.998. The molecule has 1 aliphatic rings. The topological polar surface area (TPSA) is 113 Å². The van der Waals surface area contributed by atoms with Crippen molar-refractivity contribution in [2.24, 2.45) is 0 Å². The standard InChI is InChI=1S/C60H68O7/c1-3-4-5-6-7-8-9-10-11-12-13-14-15-16-17-18-19-20-21-24-37-66-44-34-36-46-49(39-44)53(40-50(57(46)62)58(63)64)60(51-32-26-29-43-28-25-31-48(54(43)51)59(65)67-60)52-38-41(2)56(61)55-45-30-23-22-27-42(45)33-35-47(52)55/h22-23,25-36,38-40,61-62H,3-21,24,37H2,1-2H3,(H,63,64). The van der Waals surface area contributed by atoms with E-state index in [9.17, 15) is 24.9 Å². The molecule has 0 radical (unpaired) electrons. The number of aryl methyl sites for hydroxylation is 1. The summed E-state index contributed by atoms with van der Waals surface area (Å²) in [6, 6.07) is 31.6. The molecule has 7 aromatic rings. The van der Waals surface area contributed by atoms with Gasteiger partial charge in [0.25, 0.3) is 0 Å². The van der Waals surface area contributed by atoms with Gasteiger partial charge >= 0.3 is 11.9 Å². The van der Waals surface area contributed by atoms with Gasteiger partial charge in [0.2, 0.25) is 0 Å². The molecule has 7 aromatic carbocycles. The molecule has 1 unspecified atom stereocenters. The molecule has 7 nitrogen and oxygen atoms in total. The van der Waals surface area contributed by atoms with Crippen LogP contribution in [-0.2, 0) is 10.3 Å². The van der Waals surface area contributed by atoms with E-state index in [1.54, 1.807) is 18.2 Å². The van der Waals surface area contributed by atoms with Crippen molar-refractivity contribution in [3.63, 3.8) is 0 Å². The number of hydrogen-bond donors (Lipinski definition) is 3. The normalized spacial score (nSPS) is 14.6. The molecule has 1 aliphatic heterocycles. The van der Waals surface area contributed by atoms with Gasteiger partial charge in [-0.1, -0.05) is 196 Å². The first-order valence-electron chi connectivity index (χ1n) is 25.3. The largest absolute Gasteiger partial charge is 0.507 e. The summed E-state index contributed by atoms with van der Waals surface area (Å²) in [5, 5.41) is 39.2. The van der Waals surface area contributed by atoms with Gasteiger partial charge in [-0.25, -0.2) is 9.59 Å². The van der Waals surface area contributed by atoms with Crippen molar-refractivity contribution in [2.45, 2.75) is 148 Å². The molecule has 8 rings (SSSR count). The van der Waals surface area contributed by atoms with Crippen molar-refractivity contribution in [3.8, 4) is 17.2 Å². The van der Waals surface area contributed by atoms with E-state index < -0.39 is 17.5 Å². The lowest BCUT2D eigenvalue weighted by Gasteiger charge is -2.41. The van der Waals surface area contributed by atoms with Crippen LogP contribution in [0, 0.1) is 6.92 Å². The first-order chi connectivity index (χ1) is 32.7. The summed E-state index contributed by atoms with van der Waals surface area (Å²) in [4.78, 5) is 27.6. The Morgan fingerprint density at radius 2 is 1.10 bits per heavy atom. The van der Waals surface area contributed by atoms with Gasteiger partial charge in [0.15, 0.2) is 5.60 Å². The zero-order valence-corrected chi connectivity index (χ0v) is 39.6. The lowest BCUT2D eigenvalue weighted by molar-refractivity contribution is 0.0135. The van der Waals surface area contributed by atoms with Crippen LogP contribution >= 0.6 is 0 Å². The third-order valence-electron chi connectivity index (χ3n) is 14.3. The van der Waals surface area contributed by atoms with E-state index in [4.69, 9.17) is 9.47 Å². The Morgan fingerprint density at radius 3 is 1.75 bits per heavy atom. The highest BCUT2D eigenvalue weighted by Crippen LogP contribution is 2.54. The summed E-state index contributed by atoms with van der Waals surface area (Å²) in [6.07, 6.45) is 26.3. The molecule has 1 heterocycles. The minimum absolute atomic E-state index is 0.106. The highest BCUT2D eigenvalue weighted by molar-refractivity contribution is 6.15. The van der Waals surface area contributed by atoms with Crippen molar-refractivity contribution in [3.05, 3.63) is 137 Å². The van der Waals surface area contributed by atoms with Crippen LogP contribution in [0.2, 0.25) is 0 Å². The third-order valence-corrected chi connectivity index (χ3v) is 14.3. The van der Waals surface area contributed by atoms with E-state index in [2.05, 4.69) is 6.92 Å². The van der Waals surface area contributed by atoms with Gasteiger partial charge in [0.1, 0.15) is 22.8 Å². The fourth-order valence-electron chi connectivity index (χ4n) is 10.7. The predicted molar refractivity (Wildman–Crippen MR) is 273 cm³/mol. The second-order valence-corrected chi connectivity index (χ2v) is 19.0. The number of esters is 1. The molecule has 0 saturated carbocycles. The summed E-state index contributed by atoms with van der Waals surface area (Å²) in [5.41, 5.74) is 0.432. The number of cyclic esters (lactones) is 1. The summed E-state index contributed by atoms with van der Waals surface area (Å²) in [5.74, 6) is -1.62. The Morgan fingerprint density at radius 1 is 0.537 bits per heavy atom. The number of ether oxygens (including phenoxy) is 2. The van der Waals surface area contributed by atoms with Crippen LogP contribution < -0.4 is 4.74 Å². The van der Waals surface area contributed by atoms with Gasteiger partial charge in [-0.2, -0.15) is 0 Å². The summed E-state index contributed by atoms with van der Waals surface area (Å²) >= 11 is 0. The monoisotopic (exact) mass is 900 g/mol. The molecule has 0 amide bonds. The zero-order chi connectivity index (χ0) is 46.8. The lowest BCUT2D eigenvalue weighted by atomic mass is 9.72. The Bertz CT molecular complexity index is 2850. The zero-order valence-electron chi connectivity index (χ0n) is 39.6. The molecule has 350 valence electrons. The van der Waals surface area contributed by atoms with Crippen molar-refractivity contribution >= 4 is 55.0 Å². The number of hydrogen-bond acceptors (Lipinski definition) is 6. The quantitative estimate of drug-likeness (QED) is 0.0297. The fourth-order valence-corrected chi connectivity index (χ4v) is 10.7. The molecule has 0 fully saturated rings. The van der Waals surface area contributed by atoms with E-state index in [1.165, 1.54) is 115 Å². The SMILES string of the molecule is CCCCCCCCCCCCCCCCCCCCCCOc1ccc2c(O)c(C(=O)O)cc(C3(c4cc(C)c(O)c5c4ccc4ccccc45)OC(=O)c4cccc5cccc3c45)c2c1.